The van der Waals surface area contributed by atoms with E-state index >= 15 is 0 Å². The van der Waals surface area contributed by atoms with Crippen LogP contribution in [0.3, 0.4) is 0 Å². The molecule has 2 atom stereocenters. The van der Waals surface area contributed by atoms with Crippen molar-refractivity contribution in [3.05, 3.63) is 42.2 Å². The van der Waals surface area contributed by atoms with E-state index in [1.807, 2.05) is 11.0 Å². The molecule has 1 aliphatic rings. The molecule has 0 saturated carbocycles. The van der Waals surface area contributed by atoms with Gasteiger partial charge in [0.05, 0.1) is 5.92 Å². The van der Waals surface area contributed by atoms with E-state index in [0.717, 1.165) is 18.4 Å². The summed E-state index contributed by atoms with van der Waals surface area (Å²) in [6.45, 7) is 4.99. The molecule has 0 aromatic carbocycles. The predicted octanol–water partition coefficient (Wildman–Crippen LogP) is 3.95. The normalized spacial score (nSPS) is 18.8. The fourth-order valence-corrected chi connectivity index (χ4v) is 3.93. The Morgan fingerprint density at radius 2 is 1.97 bits per heavy atom. The molecule has 2 unspecified atom stereocenters. The van der Waals surface area contributed by atoms with Crippen molar-refractivity contribution in [2.45, 2.75) is 36.9 Å². The molecule has 29 heavy (non-hydrogen) atoms. The number of nitrogen functional groups attached to an aromatic ring is 1. The van der Waals surface area contributed by atoms with E-state index in [2.05, 4.69) is 26.1 Å². The molecule has 9 heteroatoms. The molecule has 2 aromatic heterocycles. The second-order valence-corrected chi connectivity index (χ2v) is 7.88. The van der Waals surface area contributed by atoms with Gasteiger partial charge in [-0.2, -0.15) is 13.2 Å². The van der Waals surface area contributed by atoms with Crippen LogP contribution in [-0.4, -0.2) is 46.1 Å². The Morgan fingerprint density at radius 3 is 2.55 bits per heavy atom. The maximum Gasteiger partial charge on any atom is 0.395 e. The molecular formula is C20H22F3N5S. The Hall–Kier alpha value is -2.44. The highest BCUT2D eigenvalue weighted by Crippen LogP contribution is 2.34. The lowest BCUT2D eigenvalue weighted by Crippen LogP contribution is -2.50. The number of hydrogen-bond donors (Lipinski definition) is 1. The monoisotopic (exact) mass is 421 g/mol. The molecule has 0 aliphatic carbocycles. The Balaban J connectivity index is 1.71. The van der Waals surface area contributed by atoms with Gasteiger partial charge in [0, 0.05) is 36.9 Å². The van der Waals surface area contributed by atoms with Crippen molar-refractivity contribution in [3.63, 3.8) is 0 Å². The zero-order chi connectivity index (χ0) is 21.0. The Labute approximate surface area is 172 Å². The molecule has 154 valence electrons. The van der Waals surface area contributed by atoms with Crippen LogP contribution < -0.4 is 10.6 Å². The highest BCUT2D eigenvalue weighted by atomic mass is 32.2. The number of nitrogens with two attached hydrogens (primary N) is 1. The molecule has 1 aliphatic heterocycles. The maximum absolute atomic E-state index is 12.9. The lowest BCUT2D eigenvalue weighted by atomic mass is 10.0. The second kappa shape index (κ2) is 8.93. The summed E-state index contributed by atoms with van der Waals surface area (Å²) in [6.07, 6.45) is -1.24. The van der Waals surface area contributed by atoms with E-state index in [9.17, 15) is 13.2 Å². The van der Waals surface area contributed by atoms with Crippen LogP contribution in [0.1, 0.15) is 25.3 Å². The van der Waals surface area contributed by atoms with Crippen molar-refractivity contribution >= 4 is 23.6 Å². The van der Waals surface area contributed by atoms with Gasteiger partial charge in [-0.1, -0.05) is 12.0 Å². The fourth-order valence-electron chi connectivity index (χ4n) is 3.01. The summed E-state index contributed by atoms with van der Waals surface area (Å²) < 4.78 is 41.0. The van der Waals surface area contributed by atoms with E-state index in [4.69, 9.17) is 5.73 Å². The van der Waals surface area contributed by atoms with E-state index in [1.54, 1.807) is 37.2 Å². The zero-order valence-electron chi connectivity index (χ0n) is 16.1. The first-order chi connectivity index (χ1) is 13.8. The highest BCUT2D eigenvalue weighted by molar-refractivity contribution is 7.97. The molecule has 3 rings (SSSR count). The summed E-state index contributed by atoms with van der Waals surface area (Å²) in [5.41, 5.74) is 5.79. The molecular weight excluding hydrogens is 399 g/mol. The number of alkyl halides is 3. The second-order valence-electron chi connectivity index (χ2n) is 6.71. The molecule has 1 saturated heterocycles. The SMILES string of the molecule is CC#CC1CN(Sc2ccc(N)nc2)CCN1c1ccc(C(C)C(F)(F)F)cn1. The van der Waals surface area contributed by atoms with Gasteiger partial charge >= 0.3 is 6.18 Å². The van der Waals surface area contributed by atoms with Crippen LogP contribution in [0.15, 0.2) is 41.6 Å². The third-order valence-electron chi connectivity index (χ3n) is 4.70. The first-order valence-corrected chi connectivity index (χ1v) is 9.91. The predicted molar refractivity (Wildman–Crippen MR) is 109 cm³/mol. The van der Waals surface area contributed by atoms with E-state index < -0.39 is 12.1 Å². The Morgan fingerprint density at radius 1 is 1.17 bits per heavy atom. The lowest BCUT2D eigenvalue weighted by molar-refractivity contribution is -0.146. The first-order valence-electron chi connectivity index (χ1n) is 9.14. The van der Waals surface area contributed by atoms with Crippen LogP contribution in [0.5, 0.6) is 0 Å². The quantitative estimate of drug-likeness (QED) is 0.596. The molecule has 5 nitrogen and oxygen atoms in total. The van der Waals surface area contributed by atoms with Gasteiger partial charge in [-0.3, -0.25) is 0 Å². The maximum atomic E-state index is 12.9. The third kappa shape index (κ3) is 5.34. The number of nitrogens with zero attached hydrogens (tertiary/aromatic N) is 4. The van der Waals surface area contributed by atoms with Crippen molar-refractivity contribution in [3.8, 4) is 11.8 Å². The molecule has 0 amide bonds. The number of hydrogen-bond acceptors (Lipinski definition) is 6. The van der Waals surface area contributed by atoms with Crippen molar-refractivity contribution in [1.29, 1.82) is 0 Å². The minimum Gasteiger partial charge on any atom is -0.384 e. The average Bonchev–Trinajstić information content (AvgIpc) is 2.69. The van der Waals surface area contributed by atoms with E-state index in [1.165, 1.54) is 12.3 Å². The number of piperazine rings is 1. The van der Waals surface area contributed by atoms with Gasteiger partial charge in [-0.15, -0.1) is 5.92 Å². The smallest absolute Gasteiger partial charge is 0.384 e. The average molecular weight is 421 g/mol. The molecule has 1 fully saturated rings. The van der Waals surface area contributed by atoms with Crippen LogP contribution in [0.4, 0.5) is 24.8 Å². The van der Waals surface area contributed by atoms with E-state index in [-0.39, 0.29) is 11.6 Å². The summed E-state index contributed by atoms with van der Waals surface area (Å²) in [7, 11) is 0. The van der Waals surface area contributed by atoms with Crippen LogP contribution >= 0.6 is 11.9 Å². The van der Waals surface area contributed by atoms with Crippen LogP contribution in [-0.2, 0) is 0 Å². The Bertz CT molecular complexity index is 874. The van der Waals surface area contributed by atoms with Gasteiger partial charge in [-0.05, 0) is 49.6 Å². The fraction of sp³-hybridized carbons (Fsp3) is 0.400. The van der Waals surface area contributed by atoms with Gasteiger partial charge in [0.25, 0.3) is 0 Å². The summed E-state index contributed by atoms with van der Waals surface area (Å²) in [5, 5.41) is 0. The van der Waals surface area contributed by atoms with Crippen molar-refractivity contribution < 1.29 is 13.2 Å². The zero-order valence-corrected chi connectivity index (χ0v) is 17.0. The van der Waals surface area contributed by atoms with Crippen molar-refractivity contribution in [1.82, 2.24) is 14.3 Å². The number of aromatic nitrogens is 2. The largest absolute Gasteiger partial charge is 0.395 e. The van der Waals surface area contributed by atoms with Crippen molar-refractivity contribution in [2.75, 3.05) is 30.3 Å². The topological polar surface area (TPSA) is 58.3 Å². The number of pyridine rings is 2. The summed E-state index contributed by atoms with van der Waals surface area (Å²) >= 11 is 1.58. The number of halogens is 3. The van der Waals surface area contributed by atoms with Gasteiger partial charge in [-0.25, -0.2) is 14.3 Å². The first kappa shape index (κ1) is 21.3. The molecule has 2 N–H and O–H groups in total. The molecule has 3 heterocycles. The minimum atomic E-state index is -4.28. The number of anilines is 2. The number of rotatable bonds is 4. The van der Waals surface area contributed by atoms with Crippen molar-refractivity contribution in [2.24, 2.45) is 0 Å². The van der Waals surface area contributed by atoms with Gasteiger partial charge in [0.1, 0.15) is 17.7 Å². The van der Waals surface area contributed by atoms with Crippen LogP contribution in [0.2, 0.25) is 0 Å². The summed E-state index contributed by atoms with van der Waals surface area (Å²) in [5.74, 6) is 5.70. The molecule has 2 aromatic rings. The summed E-state index contributed by atoms with van der Waals surface area (Å²) in [4.78, 5) is 11.4. The molecule has 0 bridgehead atoms. The third-order valence-corrected chi connectivity index (χ3v) is 5.75. The van der Waals surface area contributed by atoms with Gasteiger partial charge in [0.2, 0.25) is 0 Å². The minimum absolute atomic E-state index is 0.110. The standard InChI is InChI=1S/C20H22F3N5S/c1-3-4-16-13-27(29-17-6-7-18(24)25-12-17)9-10-28(16)19-8-5-15(11-26-19)14(2)20(21,22)23/h5-8,11-12,14,16H,9-10,13H2,1-2H3,(H2,24,25). The van der Waals surface area contributed by atoms with Crippen LogP contribution in [0.25, 0.3) is 0 Å². The molecule has 0 radical (unpaired) electrons. The Kier molecular flexibility index (Phi) is 6.55. The molecule has 0 spiro atoms. The lowest BCUT2D eigenvalue weighted by Gasteiger charge is -2.39. The summed E-state index contributed by atoms with van der Waals surface area (Å²) in [6, 6.07) is 6.71. The van der Waals surface area contributed by atoms with E-state index in [0.29, 0.717) is 24.7 Å². The van der Waals surface area contributed by atoms with Gasteiger partial charge < -0.3 is 10.6 Å². The van der Waals surface area contributed by atoms with Crippen LogP contribution in [0, 0.1) is 11.8 Å². The van der Waals surface area contributed by atoms with Gasteiger partial charge in [0.15, 0.2) is 0 Å². The highest BCUT2D eigenvalue weighted by Gasteiger charge is 2.37.